The van der Waals surface area contributed by atoms with E-state index in [9.17, 15) is 4.79 Å². The van der Waals surface area contributed by atoms with Crippen LogP contribution in [0, 0.1) is 0 Å². The summed E-state index contributed by atoms with van der Waals surface area (Å²) in [6.07, 6.45) is 0.838. The van der Waals surface area contributed by atoms with Crippen molar-refractivity contribution in [2.75, 3.05) is 18.6 Å². The highest BCUT2D eigenvalue weighted by Gasteiger charge is 2.25. The van der Waals surface area contributed by atoms with Gasteiger partial charge in [-0.1, -0.05) is 13.0 Å². The van der Waals surface area contributed by atoms with Crippen molar-refractivity contribution >= 4 is 11.6 Å². The van der Waals surface area contributed by atoms with E-state index in [1.165, 1.54) is 0 Å². The molecule has 1 atom stereocenters. The van der Waals surface area contributed by atoms with Gasteiger partial charge in [0.05, 0.1) is 5.69 Å². The van der Waals surface area contributed by atoms with Gasteiger partial charge in [0.1, 0.15) is 5.75 Å². The molecule has 92 valence electrons. The van der Waals surface area contributed by atoms with E-state index in [1.54, 1.807) is 11.9 Å². The lowest BCUT2D eigenvalue weighted by Crippen LogP contribution is -2.37. The van der Waals surface area contributed by atoms with Crippen molar-refractivity contribution in [3.63, 3.8) is 0 Å². The maximum Gasteiger partial charge on any atom is 0.264 e. The van der Waals surface area contributed by atoms with E-state index >= 15 is 0 Å². The second-order valence-electron chi connectivity index (χ2n) is 4.69. The van der Waals surface area contributed by atoms with Crippen molar-refractivity contribution < 1.29 is 9.53 Å². The Balaban J connectivity index is 2.46. The van der Waals surface area contributed by atoms with Crippen LogP contribution in [-0.2, 0) is 10.3 Å². The van der Waals surface area contributed by atoms with Gasteiger partial charge >= 0.3 is 0 Å². The highest BCUT2D eigenvalue weighted by molar-refractivity contribution is 5.97. The summed E-state index contributed by atoms with van der Waals surface area (Å²) in [5.41, 5.74) is 7.64. The standard InChI is InChI=1S/C13H18N2O2/c1-4-13(2,14)9-5-6-11-10(7-9)15(3)12(16)8-17-11/h5-7H,4,8,14H2,1-3H3. The largest absolute Gasteiger partial charge is 0.482 e. The summed E-state index contributed by atoms with van der Waals surface area (Å²) in [5, 5.41) is 0. The summed E-state index contributed by atoms with van der Waals surface area (Å²) in [6, 6.07) is 5.79. The Morgan fingerprint density at radius 3 is 2.88 bits per heavy atom. The van der Waals surface area contributed by atoms with Gasteiger partial charge in [-0.2, -0.15) is 0 Å². The first-order chi connectivity index (χ1) is 7.95. The smallest absolute Gasteiger partial charge is 0.264 e. The first kappa shape index (κ1) is 11.9. The molecule has 0 aromatic heterocycles. The zero-order valence-electron chi connectivity index (χ0n) is 10.5. The summed E-state index contributed by atoms with van der Waals surface area (Å²) in [4.78, 5) is 13.2. The number of hydrogen-bond donors (Lipinski definition) is 1. The van der Waals surface area contributed by atoms with Gasteiger partial charge < -0.3 is 15.4 Å². The third-order valence-electron chi connectivity index (χ3n) is 3.44. The van der Waals surface area contributed by atoms with E-state index in [-0.39, 0.29) is 18.1 Å². The highest BCUT2D eigenvalue weighted by atomic mass is 16.5. The Kier molecular flexibility index (Phi) is 2.83. The fourth-order valence-corrected chi connectivity index (χ4v) is 1.83. The number of anilines is 1. The molecule has 1 unspecified atom stereocenters. The molecule has 17 heavy (non-hydrogen) atoms. The Bertz CT molecular complexity index is 455. The van der Waals surface area contributed by atoms with Gasteiger partial charge in [0.2, 0.25) is 0 Å². The average molecular weight is 234 g/mol. The van der Waals surface area contributed by atoms with Gasteiger partial charge in [0, 0.05) is 12.6 Å². The molecule has 1 aliphatic heterocycles. The Labute approximate surface area is 101 Å². The summed E-state index contributed by atoms with van der Waals surface area (Å²) in [7, 11) is 1.76. The predicted molar refractivity (Wildman–Crippen MR) is 67.2 cm³/mol. The Morgan fingerprint density at radius 1 is 1.53 bits per heavy atom. The van der Waals surface area contributed by atoms with Crippen LogP contribution in [0.15, 0.2) is 18.2 Å². The maximum atomic E-state index is 11.6. The lowest BCUT2D eigenvalue weighted by atomic mass is 9.90. The summed E-state index contributed by atoms with van der Waals surface area (Å²) in [6.45, 7) is 4.14. The molecular weight excluding hydrogens is 216 g/mol. The molecular formula is C13H18N2O2. The van der Waals surface area contributed by atoms with Crippen LogP contribution in [0.25, 0.3) is 0 Å². The summed E-state index contributed by atoms with van der Waals surface area (Å²) >= 11 is 0. The minimum atomic E-state index is -0.379. The first-order valence-corrected chi connectivity index (χ1v) is 5.78. The number of ether oxygens (including phenoxy) is 1. The van der Waals surface area contributed by atoms with Crippen molar-refractivity contribution in [2.24, 2.45) is 5.73 Å². The van der Waals surface area contributed by atoms with Gasteiger partial charge in [-0.3, -0.25) is 4.79 Å². The number of amides is 1. The van der Waals surface area contributed by atoms with Crippen LogP contribution in [0.4, 0.5) is 5.69 Å². The van der Waals surface area contributed by atoms with Crippen molar-refractivity contribution in [3.8, 4) is 5.75 Å². The predicted octanol–water partition coefficient (Wildman–Crippen LogP) is 1.63. The molecule has 0 fully saturated rings. The lowest BCUT2D eigenvalue weighted by Gasteiger charge is -2.29. The van der Waals surface area contributed by atoms with Crippen molar-refractivity contribution in [2.45, 2.75) is 25.8 Å². The molecule has 1 amide bonds. The van der Waals surface area contributed by atoms with Crippen molar-refractivity contribution in [3.05, 3.63) is 23.8 Å². The van der Waals surface area contributed by atoms with Crippen LogP contribution < -0.4 is 15.4 Å². The second-order valence-corrected chi connectivity index (χ2v) is 4.69. The number of rotatable bonds is 2. The number of nitrogens with two attached hydrogens (primary N) is 1. The fourth-order valence-electron chi connectivity index (χ4n) is 1.83. The molecule has 2 N–H and O–H groups in total. The first-order valence-electron chi connectivity index (χ1n) is 5.78. The molecule has 0 spiro atoms. The molecule has 1 aromatic carbocycles. The fraction of sp³-hybridized carbons (Fsp3) is 0.462. The number of carbonyl (C=O) groups excluding carboxylic acids is 1. The molecule has 0 saturated heterocycles. The summed E-state index contributed by atoms with van der Waals surface area (Å²) in [5.74, 6) is 0.702. The van der Waals surface area contributed by atoms with Gasteiger partial charge in [0.25, 0.3) is 5.91 Å². The molecule has 4 nitrogen and oxygen atoms in total. The van der Waals surface area contributed by atoms with E-state index < -0.39 is 0 Å². The SMILES string of the molecule is CCC(C)(N)c1ccc2c(c1)N(C)C(=O)CO2. The minimum absolute atomic E-state index is 0.0372. The number of hydrogen-bond acceptors (Lipinski definition) is 3. The number of likely N-dealkylation sites (N-methyl/N-ethyl adjacent to an activating group) is 1. The van der Waals surface area contributed by atoms with Crippen LogP contribution in [0.3, 0.4) is 0 Å². The van der Waals surface area contributed by atoms with Crippen LogP contribution in [-0.4, -0.2) is 19.6 Å². The molecule has 2 rings (SSSR count). The number of benzene rings is 1. The lowest BCUT2D eigenvalue weighted by molar-refractivity contribution is -0.120. The Morgan fingerprint density at radius 2 is 2.24 bits per heavy atom. The third-order valence-corrected chi connectivity index (χ3v) is 3.44. The molecule has 4 heteroatoms. The molecule has 1 heterocycles. The molecule has 0 radical (unpaired) electrons. The molecule has 0 saturated carbocycles. The summed E-state index contributed by atoms with van der Waals surface area (Å²) < 4.78 is 5.38. The number of fused-ring (bicyclic) bond motifs is 1. The molecule has 0 aliphatic carbocycles. The van der Waals surface area contributed by atoms with E-state index in [0.717, 1.165) is 23.4 Å². The second kappa shape index (κ2) is 4.04. The van der Waals surface area contributed by atoms with Crippen LogP contribution >= 0.6 is 0 Å². The van der Waals surface area contributed by atoms with Crippen molar-refractivity contribution in [1.82, 2.24) is 0 Å². The number of carbonyl (C=O) groups is 1. The van der Waals surface area contributed by atoms with Gasteiger partial charge in [0.15, 0.2) is 6.61 Å². The van der Waals surface area contributed by atoms with Crippen molar-refractivity contribution in [1.29, 1.82) is 0 Å². The monoisotopic (exact) mass is 234 g/mol. The van der Waals surface area contributed by atoms with E-state index in [0.29, 0.717) is 0 Å². The minimum Gasteiger partial charge on any atom is -0.482 e. The van der Waals surface area contributed by atoms with Gasteiger partial charge in [-0.15, -0.1) is 0 Å². The van der Waals surface area contributed by atoms with E-state index in [2.05, 4.69) is 0 Å². The van der Waals surface area contributed by atoms with Crippen LogP contribution in [0.5, 0.6) is 5.75 Å². The Hall–Kier alpha value is -1.55. The van der Waals surface area contributed by atoms with Crippen LogP contribution in [0.2, 0.25) is 0 Å². The quantitative estimate of drug-likeness (QED) is 0.846. The molecule has 0 bridgehead atoms. The molecule has 1 aromatic rings. The topological polar surface area (TPSA) is 55.6 Å². The zero-order chi connectivity index (χ0) is 12.6. The highest BCUT2D eigenvalue weighted by Crippen LogP contribution is 2.35. The van der Waals surface area contributed by atoms with Gasteiger partial charge in [-0.25, -0.2) is 0 Å². The maximum absolute atomic E-state index is 11.6. The molecule has 1 aliphatic rings. The third kappa shape index (κ3) is 2.00. The van der Waals surface area contributed by atoms with E-state index in [4.69, 9.17) is 10.5 Å². The normalized spacial score (nSPS) is 18.4. The number of nitrogens with zero attached hydrogens (tertiary/aromatic N) is 1. The van der Waals surface area contributed by atoms with Gasteiger partial charge in [-0.05, 0) is 31.0 Å². The average Bonchev–Trinajstić information content (AvgIpc) is 2.33. The van der Waals surface area contributed by atoms with E-state index in [1.807, 2.05) is 32.0 Å². The zero-order valence-corrected chi connectivity index (χ0v) is 10.5. The van der Waals surface area contributed by atoms with Crippen LogP contribution in [0.1, 0.15) is 25.8 Å².